The van der Waals surface area contributed by atoms with Crippen LogP contribution in [0.25, 0.3) is 0 Å². The molecule has 1 N–H and O–H groups in total. The first-order valence-corrected chi connectivity index (χ1v) is 11.8. The molecule has 3 fully saturated rings. The summed E-state index contributed by atoms with van der Waals surface area (Å²) in [7, 11) is -2.22. The van der Waals surface area contributed by atoms with Gasteiger partial charge < -0.3 is 9.88 Å². The van der Waals surface area contributed by atoms with Crippen LogP contribution in [0.3, 0.4) is 0 Å². The van der Waals surface area contributed by atoms with E-state index in [1.54, 1.807) is 0 Å². The zero-order valence-corrected chi connectivity index (χ0v) is 15.9. The van der Waals surface area contributed by atoms with Gasteiger partial charge in [0, 0.05) is 28.9 Å². The van der Waals surface area contributed by atoms with Crippen LogP contribution in [0.4, 0.5) is 0 Å². The zero-order valence-electron chi connectivity index (χ0n) is 15.0. The Hall–Kier alpha value is -0.300. The summed E-state index contributed by atoms with van der Waals surface area (Å²) in [5.74, 6) is 0.154. The smallest absolute Gasteiger partial charge is 0.225 e. The van der Waals surface area contributed by atoms with Gasteiger partial charge in [-0.2, -0.15) is 0 Å². The van der Waals surface area contributed by atoms with Crippen LogP contribution in [0.1, 0.15) is 84.5 Å². The van der Waals surface area contributed by atoms with Crippen molar-refractivity contribution in [1.82, 2.24) is 5.32 Å². The summed E-state index contributed by atoms with van der Waals surface area (Å²) in [6.07, 6.45) is 13.9. The highest BCUT2D eigenvalue weighted by atomic mass is 31.2. The van der Waals surface area contributed by atoms with E-state index in [4.69, 9.17) is 0 Å². The average Bonchev–Trinajstić information content (AvgIpc) is 2.81. The summed E-state index contributed by atoms with van der Waals surface area (Å²) in [4.78, 5) is 12.1. The van der Waals surface area contributed by atoms with Crippen LogP contribution < -0.4 is 5.32 Å². The fraction of sp³-hybridized carbons (Fsp3) is 0.947. The molecule has 1 heterocycles. The average molecular weight is 339 g/mol. The van der Waals surface area contributed by atoms with E-state index in [0.29, 0.717) is 11.3 Å². The van der Waals surface area contributed by atoms with Crippen molar-refractivity contribution in [3.8, 4) is 0 Å². The van der Waals surface area contributed by atoms with Crippen molar-refractivity contribution in [2.45, 2.75) is 102 Å². The number of hydrogen-bond acceptors (Lipinski definition) is 2. The van der Waals surface area contributed by atoms with Gasteiger partial charge in [0.05, 0.1) is 7.14 Å². The van der Waals surface area contributed by atoms with Crippen LogP contribution in [-0.2, 0) is 9.36 Å². The fourth-order valence-electron chi connectivity index (χ4n) is 5.23. The third-order valence-corrected chi connectivity index (χ3v) is 11.1. The predicted octanol–water partition coefficient (Wildman–Crippen LogP) is 4.93. The highest BCUT2D eigenvalue weighted by molar-refractivity contribution is 7.65. The number of rotatable bonds is 4. The standard InChI is InChI=1S/C19H34NO2P/c1-19(2)13-15(20-18(19)21)14-23(22,16-9-5-3-6-10-16)17-11-7-4-8-12-17/h15-17H,3-14H2,1-2H3,(H,20,21)/t15-/m0/s1. The Labute approximate surface area is 141 Å². The van der Waals surface area contributed by atoms with Crippen LogP contribution in [0.2, 0.25) is 0 Å². The minimum absolute atomic E-state index is 0.146. The molecule has 23 heavy (non-hydrogen) atoms. The summed E-state index contributed by atoms with van der Waals surface area (Å²) < 4.78 is 14.2. The number of amides is 1. The Balaban J connectivity index is 1.77. The van der Waals surface area contributed by atoms with Crippen LogP contribution in [0, 0.1) is 5.41 Å². The summed E-state index contributed by atoms with van der Waals surface area (Å²) in [5.41, 5.74) is 0.606. The van der Waals surface area contributed by atoms with Gasteiger partial charge in [-0.25, -0.2) is 0 Å². The molecule has 0 aromatic carbocycles. The third-order valence-electron chi connectivity index (χ3n) is 6.60. The van der Waals surface area contributed by atoms with Gasteiger partial charge in [0.1, 0.15) is 0 Å². The van der Waals surface area contributed by atoms with Gasteiger partial charge in [-0.15, -0.1) is 0 Å². The van der Waals surface area contributed by atoms with Gasteiger partial charge in [0.2, 0.25) is 5.91 Å². The Morgan fingerprint density at radius 2 is 1.43 bits per heavy atom. The van der Waals surface area contributed by atoms with E-state index in [1.165, 1.54) is 38.5 Å². The second kappa shape index (κ2) is 6.90. The lowest BCUT2D eigenvalue weighted by atomic mass is 9.90. The molecule has 0 aromatic heterocycles. The van der Waals surface area contributed by atoms with Gasteiger partial charge in [-0.1, -0.05) is 52.4 Å². The summed E-state index contributed by atoms with van der Waals surface area (Å²) in [5, 5.41) is 3.17. The van der Waals surface area contributed by atoms with Gasteiger partial charge in [-0.05, 0) is 32.1 Å². The summed E-state index contributed by atoms with van der Waals surface area (Å²) in [6, 6.07) is 0.146. The molecule has 3 nitrogen and oxygen atoms in total. The fourth-order valence-corrected chi connectivity index (χ4v) is 9.81. The van der Waals surface area contributed by atoms with Crippen molar-refractivity contribution < 1.29 is 9.36 Å². The Morgan fingerprint density at radius 3 is 1.83 bits per heavy atom. The molecule has 1 aliphatic heterocycles. The molecule has 1 amide bonds. The van der Waals surface area contributed by atoms with E-state index in [1.807, 2.05) is 13.8 Å². The molecule has 0 spiro atoms. The summed E-state index contributed by atoms with van der Waals surface area (Å²) in [6.45, 7) is 4.04. The molecule has 1 saturated heterocycles. The largest absolute Gasteiger partial charge is 0.352 e. The SMILES string of the molecule is CC1(C)C[C@@H](CP(=O)(C2CCCCC2)C2CCCCC2)NC1=O. The lowest BCUT2D eigenvalue weighted by Crippen LogP contribution is -2.34. The maximum absolute atomic E-state index is 14.2. The van der Waals surface area contributed by atoms with Crippen molar-refractivity contribution in [2.75, 3.05) is 6.16 Å². The van der Waals surface area contributed by atoms with E-state index in [-0.39, 0.29) is 17.4 Å². The van der Waals surface area contributed by atoms with Gasteiger partial charge >= 0.3 is 0 Å². The van der Waals surface area contributed by atoms with Crippen LogP contribution >= 0.6 is 7.14 Å². The topological polar surface area (TPSA) is 46.2 Å². The van der Waals surface area contributed by atoms with E-state index in [9.17, 15) is 9.36 Å². The van der Waals surface area contributed by atoms with Crippen molar-refractivity contribution in [1.29, 1.82) is 0 Å². The molecule has 132 valence electrons. The molecule has 0 aromatic rings. The lowest BCUT2D eigenvalue weighted by molar-refractivity contribution is -0.126. The quantitative estimate of drug-likeness (QED) is 0.738. The lowest BCUT2D eigenvalue weighted by Gasteiger charge is -2.39. The molecule has 2 saturated carbocycles. The van der Waals surface area contributed by atoms with E-state index >= 15 is 0 Å². The number of carbonyl (C=O) groups excluding carboxylic acids is 1. The molecule has 0 radical (unpaired) electrons. The zero-order chi connectivity index (χ0) is 16.5. The van der Waals surface area contributed by atoms with Gasteiger partial charge in [0.15, 0.2) is 0 Å². The van der Waals surface area contributed by atoms with Crippen LogP contribution in [0.15, 0.2) is 0 Å². The predicted molar refractivity (Wildman–Crippen MR) is 96.5 cm³/mol. The molecule has 4 heteroatoms. The Kier molecular flexibility index (Phi) is 5.26. The second-order valence-electron chi connectivity index (χ2n) is 8.88. The van der Waals surface area contributed by atoms with E-state index in [0.717, 1.165) is 38.3 Å². The van der Waals surface area contributed by atoms with Crippen LogP contribution in [-0.4, -0.2) is 29.4 Å². The molecular formula is C19H34NO2P. The molecular weight excluding hydrogens is 305 g/mol. The maximum atomic E-state index is 14.2. The molecule has 3 aliphatic rings. The van der Waals surface area contributed by atoms with Crippen molar-refractivity contribution >= 4 is 13.0 Å². The van der Waals surface area contributed by atoms with Crippen molar-refractivity contribution in [3.63, 3.8) is 0 Å². The second-order valence-corrected chi connectivity index (χ2v) is 12.4. The molecule has 3 rings (SSSR count). The normalized spacial score (nSPS) is 30.3. The minimum Gasteiger partial charge on any atom is -0.352 e. The summed E-state index contributed by atoms with van der Waals surface area (Å²) >= 11 is 0. The highest BCUT2D eigenvalue weighted by Gasteiger charge is 2.46. The maximum Gasteiger partial charge on any atom is 0.225 e. The van der Waals surface area contributed by atoms with Crippen LogP contribution in [0.5, 0.6) is 0 Å². The van der Waals surface area contributed by atoms with Crippen molar-refractivity contribution in [2.24, 2.45) is 5.41 Å². The Bertz CT molecular complexity index is 454. The first-order valence-electron chi connectivity index (χ1n) is 9.81. The minimum atomic E-state index is -2.22. The molecule has 0 unspecified atom stereocenters. The monoisotopic (exact) mass is 339 g/mol. The number of nitrogens with one attached hydrogen (secondary N) is 1. The molecule has 1 atom stereocenters. The Morgan fingerprint density at radius 1 is 0.957 bits per heavy atom. The van der Waals surface area contributed by atoms with Gasteiger partial charge in [-0.3, -0.25) is 4.79 Å². The first-order chi connectivity index (χ1) is 10.9. The number of hydrogen-bond donors (Lipinski definition) is 1. The highest BCUT2D eigenvalue weighted by Crippen LogP contribution is 2.63. The first kappa shape index (κ1) is 17.5. The molecule has 2 aliphatic carbocycles. The third kappa shape index (κ3) is 3.70. The van der Waals surface area contributed by atoms with E-state index < -0.39 is 7.14 Å². The van der Waals surface area contributed by atoms with E-state index in [2.05, 4.69) is 5.32 Å². The number of carbonyl (C=O) groups is 1. The molecule has 0 bridgehead atoms. The van der Waals surface area contributed by atoms with Crippen molar-refractivity contribution in [3.05, 3.63) is 0 Å². The van der Waals surface area contributed by atoms with Gasteiger partial charge in [0.25, 0.3) is 0 Å².